The van der Waals surface area contributed by atoms with Crippen LogP contribution in [0.2, 0.25) is 0 Å². The van der Waals surface area contributed by atoms with Gasteiger partial charge >= 0.3 is 0 Å². The van der Waals surface area contributed by atoms with Crippen molar-refractivity contribution in [3.8, 4) is 0 Å². The number of rotatable bonds is 4. The molecular weight excluding hydrogens is 210 g/mol. The van der Waals surface area contributed by atoms with Gasteiger partial charge < -0.3 is 16.4 Å². The molecule has 0 unspecified atom stereocenters. The Labute approximate surface area is 93.9 Å². The highest BCUT2D eigenvalue weighted by Crippen LogP contribution is 2.09. The van der Waals surface area contributed by atoms with Crippen molar-refractivity contribution < 1.29 is 14.4 Å². The molecule has 0 radical (unpaired) electrons. The van der Waals surface area contributed by atoms with Gasteiger partial charge in [0.1, 0.15) is 12.1 Å². The van der Waals surface area contributed by atoms with Gasteiger partial charge in [0, 0.05) is 0 Å². The summed E-state index contributed by atoms with van der Waals surface area (Å²) in [4.78, 5) is 33.8. The molecule has 1 aliphatic heterocycles. The van der Waals surface area contributed by atoms with Crippen molar-refractivity contribution in [1.82, 2.24) is 10.6 Å². The van der Waals surface area contributed by atoms with Crippen LogP contribution in [-0.2, 0) is 14.4 Å². The first kappa shape index (κ1) is 12.5. The van der Waals surface area contributed by atoms with Gasteiger partial charge in [-0.1, -0.05) is 13.8 Å². The van der Waals surface area contributed by atoms with Crippen molar-refractivity contribution in [2.45, 2.75) is 38.8 Å². The molecule has 0 aromatic rings. The highest BCUT2D eigenvalue weighted by molar-refractivity contribution is 5.98. The summed E-state index contributed by atoms with van der Waals surface area (Å²) in [6.45, 7) is 3.93. The van der Waals surface area contributed by atoms with Crippen LogP contribution in [0.3, 0.4) is 0 Å². The van der Waals surface area contributed by atoms with Gasteiger partial charge in [-0.15, -0.1) is 0 Å². The number of piperazine rings is 1. The van der Waals surface area contributed by atoms with Gasteiger partial charge in [-0.2, -0.15) is 0 Å². The lowest BCUT2D eigenvalue weighted by atomic mass is 9.99. The predicted molar refractivity (Wildman–Crippen MR) is 57.1 cm³/mol. The van der Waals surface area contributed by atoms with Crippen molar-refractivity contribution in [3.63, 3.8) is 0 Å². The molecule has 1 aliphatic rings. The van der Waals surface area contributed by atoms with E-state index in [-0.39, 0.29) is 18.2 Å². The molecule has 1 saturated heterocycles. The number of nitrogens with two attached hydrogens (primary N) is 1. The minimum atomic E-state index is -0.826. The molecule has 1 fully saturated rings. The van der Waals surface area contributed by atoms with Gasteiger partial charge in [-0.25, -0.2) is 0 Å². The summed E-state index contributed by atoms with van der Waals surface area (Å²) < 4.78 is 0. The molecule has 0 spiro atoms. The molecule has 1 heterocycles. The number of primary amides is 1. The monoisotopic (exact) mass is 227 g/mol. The summed E-state index contributed by atoms with van der Waals surface area (Å²) in [7, 11) is 0. The quantitative estimate of drug-likeness (QED) is 0.567. The van der Waals surface area contributed by atoms with Crippen LogP contribution in [-0.4, -0.2) is 29.8 Å². The first-order chi connectivity index (χ1) is 7.40. The molecule has 90 valence electrons. The van der Waals surface area contributed by atoms with Crippen LogP contribution in [0.15, 0.2) is 0 Å². The van der Waals surface area contributed by atoms with Gasteiger partial charge in [0.2, 0.25) is 17.7 Å². The van der Waals surface area contributed by atoms with Gasteiger partial charge in [0.15, 0.2) is 0 Å². The Hall–Kier alpha value is -1.59. The third-order valence-electron chi connectivity index (χ3n) is 2.38. The van der Waals surface area contributed by atoms with Crippen molar-refractivity contribution in [1.29, 1.82) is 0 Å². The zero-order chi connectivity index (χ0) is 12.3. The van der Waals surface area contributed by atoms with E-state index >= 15 is 0 Å². The Morgan fingerprint density at radius 2 is 1.75 bits per heavy atom. The van der Waals surface area contributed by atoms with Crippen LogP contribution in [0, 0.1) is 5.92 Å². The molecule has 0 bridgehead atoms. The summed E-state index contributed by atoms with van der Waals surface area (Å²) in [6.07, 6.45) is 0.423. The molecule has 2 atom stereocenters. The van der Waals surface area contributed by atoms with Gasteiger partial charge in [-0.05, 0) is 12.3 Å². The highest BCUT2D eigenvalue weighted by atomic mass is 16.2. The number of amides is 3. The lowest BCUT2D eigenvalue weighted by molar-refractivity contribution is -0.138. The predicted octanol–water partition coefficient (Wildman–Crippen LogP) is -1.11. The first-order valence-corrected chi connectivity index (χ1v) is 5.29. The fraction of sp³-hybridized carbons (Fsp3) is 0.700. The highest BCUT2D eigenvalue weighted by Gasteiger charge is 2.34. The molecule has 0 aliphatic carbocycles. The van der Waals surface area contributed by atoms with Crippen LogP contribution in [0.1, 0.15) is 26.7 Å². The van der Waals surface area contributed by atoms with E-state index in [4.69, 9.17) is 5.73 Å². The topological polar surface area (TPSA) is 101 Å². The van der Waals surface area contributed by atoms with Crippen molar-refractivity contribution >= 4 is 17.7 Å². The third-order valence-corrected chi connectivity index (χ3v) is 2.38. The van der Waals surface area contributed by atoms with Crippen molar-refractivity contribution in [2.75, 3.05) is 0 Å². The largest absolute Gasteiger partial charge is 0.370 e. The molecule has 4 N–H and O–H groups in total. The SMILES string of the molecule is CC(C)C[C@H]1NC(=O)[C@@H](CC(N)=O)NC1=O. The third kappa shape index (κ3) is 3.22. The second-order valence-corrected chi connectivity index (χ2v) is 4.42. The zero-order valence-corrected chi connectivity index (χ0v) is 9.45. The van der Waals surface area contributed by atoms with E-state index in [0.29, 0.717) is 12.3 Å². The number of hydrogen-bond donors (Lipinski definition) is 3. The van der Waals surface area contributed by atoms with E-state index in [9.17, 15) is 14.4 Å². The van der Waals surface area contributed by atoms with Crippen LogP contribution in [0.5, 0.6) is 0 Å². The first-order valence-electron chi connectivity index (χ1n) is 5.29. The maximum Gasteiger partial charge on any atom is 0.243 e. The maximum atomic E-state index is 11.6. The second-order valence-electron chi connectivity index (χ2n) is 4.42. The van der Waals surface area contributed by atoms with E-state index in [0.717, 1.165) is 0 Å². The molecule has 0 aromatic heterocycles. The normalized spacial score (nSPS) is 25.2. The van der Waals surface area contributed by atoms with Crippen LogP contribution in [0.25, 0.3) is 0 Å². The number of nitrogens with one attached hydrogen (secondary N) is 2. The number of carbonyl (C=O) groups is 3. The molecule has 1 rings (SSSR count). The Morgan fingerprint density at radius 3 is 2.25 bits per heavy atom. The van der Waals surface area contributed by atoms with Crippen LogP contribution < -0.4 is 16.4 Å². The molecule has 0 aromatic carbocycles. The molecule has 6 heteroatoms. The summed E-state index contributed by atoms with van der Waals surface area (Å²) in [5.74, 6) is -0.893. The summed E-state index contributed by atoms with van der Waals surface area (Å²) in [5, 5.41) is 5.10. The fourth-order valence-corrected chi connectivity index (χ4v) is 1.66. The van der Waals surface area contributed by atoms with Gasteiger partial charge in [0.25, 0.3) is 0 Å². The summed E-state index contributed by atoms with van der Waals surface area (Å²) in [6, 6.07) is -1.33. The molecular formula is C10H17N3O3. The van der Waals surface area contributed by atoms with Gasteiger partial charge in [-0.3, -0.25) is 14.4 Å². The molecule has 16 heavy (non-hydrogen) atoms. The molecule has 3 amide bonds. The lowest BCUT2D eigenvalue weighted by Gasteiger charge is -2.29. The fourth-order valence-electron chi connectivity index (χ4n) is 1.66. The number of carbonyl (C=O) groups excluding carboxylic acids is 3. The smallest absolute Gasteiger partial charge is 0.243 e. The van der Waals surface area contributed by atoms with Gasteiger partial charge in [0.05, 0.1) is 6.42 Å². The Balaban J connectivity index is 2.60. The summed E-state index contributed by atoms with van der Waals surface area (Å²) in [5.41, 5.74) is 4.98. The van der Waals surface area contributed by atoms with E-state index < -0.39 is 18.0 Å². The standard InChI is InChI=1S/C10H17N3O3/c1-5(2)3-6-9(15)13-7(4-8(11)14)10(16)12-6/h5-7H,3-4H2,1-2H3,(H2,11,14)(H,12,16)(H,13,15)/t6-,7-/m1/s1. The maximum absolute atomic E-state index is 11.6. The number of hydrogen-bond acceptors (Lipinski definition) is 3. The average molecular weight is 227 g/mol. The van der Waals surface area contributed by atoms with E-state index in [1.165, 1.54) is 0 Å². The Kier molecular flexibility index (Phi) is 3.87. The van der Waals surface area contributed by atoms with Crippen molar-refractivity contribution in [3.05, 3.63) is 0 Å². The average Bonchev–Trinajstić information content (AvgIpc) is 2.11. The molecule has 6 nitrogen and oxygen atoms in total. The zero-order valence-electron chi connectivity index (χ0n) is 9.45. The van der Waals surface area contributed by atoms with E-state index in [1.807, 2.05) is 13.8 Å². The minimum absolute atomic E-state index is 0.161. The van der Waals surface area contributed by atoms with E-state index in [2.05, 4.69) is 10.6 Å². The molecule has 0 saturated carbocycles. The summed E-state index contributed by atoms with van der Waals surface area (Å²) >= 11 is 0. The second kappa shape index (κ2) is 4.96. The lowest BCUT2D eigenvalue weighted by Crippen LogP contribution is -2.62. The minimum Gasteiger partial charge on any atom is -0.370 e. The van der Waals surface area contributed by atoms with Crippen LogP contribution >= 0.6 is 0 Å². The van der Waals surface area contributed by atoms with Crippen LogP contribution in [0.4, 0.5) is 0 Å². The van der Waals surface area contributed by atoms with E-state index in [1.54, 1.807) is 0 Å². The Bertz CT molecular complexity index is 314. The van der Waals surface area contributed by atoms with Crippen molar-refractivity contribution in [2.24, 2.45) is 11.7 Å². The Morgan fingerprint density at radius 1 is 1.25 bits per heavy atom.